The van der Waals surface area contributed by atoms with Crippen LogP contribution in [0.15, 0.2) is 4.79 Å². The molecule has 0 spiro atoms. The summed E-state index contributed by atoms with van der Waals surface area (Å²) >= 11 is 0. The zero-order valence-corrected chi connectivity index (χ0v) is 5.74. The van der Waals surface area contributed by atoms with E-state index in [1.54, 1.807) is 0 Å². The van der Waals surface area contributed by atoms with Crippen molar-refractivity contribution in [3.05, 3.63) is 27.6 Å². The molecule has 0 aliphatic carbocycles. The molecule has 0 saturated heterocycles. The SMILES string of the molecule is Cc1c(F)c(N)[nH]c(=O)c1F. The number of nitrogens with two attached hydrogens (primary N) is 1. The van der Waals surface area contributed by atoms with Gasteiger partial charge in [0.25, 0.3) is 5.56 Å². The first-order valence-electron chi connectivity index (χ1n) is 2.87. The van der Waals surface area contributed by atoms with E-state index in [9.17, 15) is 13.6 Å². The predicted molar refractivity (Wildman–Crippen MR) is 36.1 cm³/mol. The average molecular weight is 160 g/mol. The summed E-state index contributed by atoms with van der Waals surface area (Å²) in [5.41, 5.74) is 3.64. The van der Waals surface area contributed by atoms with E-state index in [-0.39, 0.29) is 5.56 Å². The molecule has 0 unspecified atom stereocenters. The minimum atomic E-state index is -1.13. The van der Waals surface area contributed by atoms with Gasteiger partial charge in [0.2, 0.25) is 0 Å². The maximum atomic E-state index is 12.6. The molecular weight excluding hydrogens is 154 g/mol. The van der Waals surface area contributed by atoms with E-state index in [0.717, 1.165) is 6.92 Å². The Labute approximate surface area is 60.8 Å². The summed E-state index contributed by atoms with van der Waals surface area (Å²) in [6.07, 6.45) is 0. The van der Waals surface area contributed by atoms with Crippen LogP contribution in [0.3, 0.4) is 0 Å². The third kappa shape index (κ3) is 1.09. The van der Waals surface area contributed by atoms with Crippen molar-refractivity contribution in [3.8, 4) is 0 Å². The highest BCUT2D eigenvalue weighted by Gasteiger charge is 2.11. The number of H-pyrrole nitrogens is 1. The second-order valence-electron chi connectivity index (χ2n) is 2.12. The lowest BCUT2D eigenvalue weighted by Crippen LogP contribution is -2.16. The predicted octanol–water partition coefficient (Wildman–Crippen LogP) is 0.544. The van der Waals surface area contributed by atoms with Crippen molar-refractivity contribution < 1.29 is 8.78 Å². The van der Waals surface area contributed by atoms with Crippen molar-refractivity contribution in [3.63, 3.8) is 0 Å². The number of nitrogens with one attached hydrogen (secondary N) is 1. The van der Waals surface area contributed by atoms with Gasteiger partial charge in [-0.05, 0) is 6.92 Å². The van der Waals surface area contributed by atoms with E-state index in [2.05, 4.69) is 0 Å². The molecule has 3 N–H and O–H groups in total. The van der Waals surface area contributed by atoms with Crippen LogP contribution in [0.5, 0.6) is 0 Å². The fourth-order valence-electron chi connectivity index (χ4n) is 0.701. The summed E-state index contributed by atoms with van der Waals surface area (Å²) in [5, 5.41) is 0. The number of anilines is 1. The zero-order valence-electron chi connectivity index (χ0n) is 5.74. The topological polar surface area (TPSA) is 58.9 Å². The minimum absolute atomic E-state index is 0.355. The van der Waals surface area contributed by atoms with Crippen LogP contribution in [0.25, 0.3) is 0 Å². The van der Waals surface area contributed by atoms with E-state index in [1.165, 1.54) is 0 Å². The molecule has 0 bridgehead atoms. The molecule has 0 aliphatic heterocycles. The highest BCUT2D eigenvalue weighted by Crippen LogP contribution is 2.10. The molecule has 5 heteroatoms. The number of hydrogen-bond acceptors (Lipinski definition) is 2. The Bertz CT molecular complexity index is 345. The Balaban J connectivity index is 3.59. The average Bonchev–Trinajstić information content (AvgIpc) is 1.97. The van der Waals surface area contributed by atoms with Crippen LogP contribution in [0.2, 0.25) is 0 Å². The molecule has 1 aromatic rings. The summed E-state index contributed by atoms with van der Waals surface area (Å²) in [7, 11) is 0. The molecular formula is C6H6F2N2O. The first-order valence-corrected chi connectivity index (χ1v) is 2.87. The Morgan fingerprint density at radius 2 is 1.91 bits per heavy atom. The molecule has 1 rings (SSSR count). The van der Waals surface area contributed by atoms with Crippen LogP contribution in [-0.2, 0) is 0 Å². The van der Waals surface area contributed by atoms with Crippen LogP contribution in [0, 0.1) is 18.6 Å². The fourth-order valence-corrected chi connectivity index (χ4v) is 0.701. The van der Waals surface area contributed by atoms with Crippen molar-refractivity contribution in [2.45, 2.75) is 6.92 Å². The van der Waals surface area contributed by atoms with Crippen LogP contribution < -0.4 is 11.3 Å². The van der Waals surface area contributed by atoms with E-state index < -0.39 is 23.0 Å². The Kier molecular flexibility index (Phi) is 1.64. The van der Waals surface area contributed by atoms with E-state index in [4.69, 9.17) is 5.73 Å². The third-order valence-corrected chi connectivity index (χ3v) is 1.34. The van der Waals surface area contributed by atoms with E-state index in [1.807, 2.05) is 4.98 Å². The molecule has 3 nitrogen and oxygen atoms in total. The number of pyridine rings is 1. The Morgan fingerprint density at radius 1 is 1.36 bits per heavy atom. The normalized spacial score (nSPS) is 10.1. The molecule has 1 heterocycles. The fraction of sp³-hybridized carbons (Fsp3) is 0.167. The van der Waals surface area contributed by atoms with Gasteiger partial charge in [0.05, 0.1) is 0 Å². The maximum absolute atomic E-state index is 12.6. The molecule has 0 radical (unpaired) electrons. The van der Waals surface area contributed by atoms with Gasteiger partial charge in [0.1, 0.15) is 5.82 Å². The summed E-state index contributed by atoms with van der Waals surface area (Å²) in [6.45, 7) is 1.15. The second-order valence-corrected chi connectivity index (χ2v) is 2.12. The lowest BCUT2D eigenvalue weighted by molar-refractivity contribution is 0.553. The van der Waals surface area contributed by atoms with E-state index >= 15 is 0 Å². The van der Waals surface area contributed by atoms with Gasteiger partial charge in [-0.25, -0.2) is 8.78 Å². The number of aromatic amines is 1. The van der Waals surface area contributed by atoms with Gasteiger partial charge in [-0.2, -0.15) is 0 Å². The summed E-state index contributed by atoms with van der Waals surface area (Å²) < 4.78 is 25.2. The van der Waals surface area contributed by atoms with Crippen molar-refractivity contribution in [2.24, 2.45) is 0 Å². The summed E-state index contributed by atoms with van der Waals surface area (Å²) in [4.78, 5) is 12.4. The van der Waals surface area contributed by atoms with Crippen LogP contribution in [-0.4, -0.2) is 4.98 Å². The zero-order chi connectivity index (χ0) is 8.59. The van der Waals surface area contributed by atoms with E-state index in [0.29, 0.717) is 0 Å². The summed E-state index contributed by atoms with van der Waals surface area (Å²) in [6, 6.07) is 0. The van der Waals surface area contributed by atoms with Gasteiger partial charge in [-0.3, -0.25) is 4.79 Å². The minimum Gasteiger partial charge on any atom is -0.383 e. The van der Waals surface area contributed by atoms with Crippen LogP contribution in [0.4, 0.5) is 14.6 Å². The van der Waals surface area contributed by atoms with Gasteiger partial charge < -0.3 is 10.7 Å². The smallest absolute Gasteiger partial charge is 0.285 e. The van der Waals surface area contributed by atoms with Crippen molar-refractivity contribution >= 4 is 5.82 Å². The Morgan fingerprint density at radius 3 is 2.45 bits per heavy atom. The maximum Gasteiger partial charge on any atom is 0.285 e. The third-order valence-electron chi connectivity index (χ3n) is 1.34. The van der Waals surface area contributed by atoms with Crippen molar-refractivity contribution in [1.29, 1.82) is 0 Å². The molecule has 0 atom stereocenters. The van der Waals surface area contributed by atoms with Crippen molar-refractivity contribution in [1.82, 2.24) is 4.98 Å². The van der Waals surface area contributed by atoms with Gasteiger partial charge in [0.15, 0.2) is 11.6 Å². The number of aromatic nitrogens is 1. The van der Waals surface area contributed by atoms with Gasteiger partial charge in [-0.1, -0.05) is 0 Å². The largest absolute Gasteiger partial charge is 0.383 e. The second kappa shape index (κ2) is 2.34. The first kappa shape index (κ1) is 7.71. The quantitative estimate of drug-likeness (QED) is 0.582. The molecule has 0 amide bonds. The molecule has 11 heavy (non-hydrogen) atoms. The molecule has 0 aromatic carbocycles. The monoisotopic (exact) mass is 160 g/mol. The molecule has 0 aliphatic rings. The number of nitrogen functional groups attached to an aromatic ring is 1. The number of rotatable bonds is 0. The molecule has 1 aromatic heterocycles. The highest BCUT2D eigenvalue weighted by molar-refractivity contribution is 5.34. The lowest BCUT2D eigenvalue weighted by Gasteiger charge is -1.99. The van der Waals surface area contributed by atoms with Gasteiger partial charge in [-0.15, -0.1) is 0 Å². The van der Waals surface area contributed by atoms with Crippen LogP contribution in [0.1, 0.15) is 5.56 Å². The number of halogens is 2. The number of hydrogen-bond donors (Lipinski definition) is 2. The van der Waals surface area contributed by atoms with Crippen LogP contribution >= 0.6 is 0 Å². The Hall–Kier alpha value is -1.39. The first-order chi connectivity index (χ1) is 5.04. The molecule has 60 valence electrons. The summed E-state index contributed by atoms with van der Waals surface area (Å²) in [5.74, 6) is -2.48. The van der Waals surface area contributed by atoms with Gasteiger partial charge in [0, 0.05) is 5.56 Å². The highest BCUT2D eigenvalue weighted by atomic mass is 19.1. The standard InChI is InChI=1S/C6H6F2N2O/c1-2-3(7)5(9)10-6(11)4(2)8/h1H3,(H3,9,10,11). The lowest BCUT2D eigenvalue weighted by atomic mass is 10.2. The molecule has 0 fully saturated rings. The molecule has 0 saturated carbocycles. The van der Waals surface area contributed by atoms with Crippen molar-refractivity contribution in [2.75, 3.05) is 5.73 Å². The van der Waals surface area contributed by atoms with Gasteiger partial charge >= 0.3 is 0 Å².